The fourth-order valence-electron chi connectivity index (χ4n) is 0.859. The van der Waals surface area contributed by atoms with Crippen molar-refractivity contribution in [3.05, 3.63) is 24.3 Å². The maximum atomic E-state index is 12.0. The first-order valence-corrected chi connectivity index (χ1v) is 3.99. The zero-order valence-electron chi connectivity index (χ0n) is 7.88. The Bertz CT molecular complexity index is 357. The largest absolute Gasteiger partial charge is 0.497 e. The maximum Gasteiger partial charge on any atom is 0.448 e. The standard InChI is InChI=1S/C9H9F3N2O/c1-15-7-4-2-6(3-5-7)14-8(13)9(10,11)12/h2-5H,1H3,(H2,13,14). The Kier molecular flexibility index (Phi) is 3.18. The van der Waals surface area contributed by atoms with Gasteiger partial charge in [-0.05, 0) is 24.3 Å². The number of nitrogens with two attached hydrogens (primary N) is 1. The molecule has 0 spiro atoms. The van der Waals surface area contributed by atoms with Crippen molar-refractivity contribution in [2.75, 3.05) is 7.11 Å². The highest BCUT2D eigenvalue weighted by atomic mass is 19.4. The molecule has 0 aliphatic carbocycles. The van der Waals surface area contributed by atoms with Gasteiger partial charge in [-0.1, -0.05) is 0 Å². The van der Waals surface area contributed by atoms with Crippen molar-refractivity contribution >= 4 is 11.5 Å². The zero-order valence-corrected chi connectivity index (χ0v) is 7.88. The van der Waals surface area contributed by atoms with Crippen LogP contribution in [0.1, 0.15) is 0 Å². The first-order valence-electron chi connectivity index (χ1n) is 3.99. The van der Waals surface area contributed by atoms with Crippen LogP contribution in [0.2, 0.25) is 0 Å². The van der Waals surface area contributed by atoms with Crippen LogP contribution in [0.4, 0.5) is 18.9 Å². The molecule has 1 aromatic rings. The van der Waals surface area contributed by atoms with E-state index >= 15 is 0 Å². The van der Waals surface area contributed by atoms with Gasteiger partial charge in [-0.25, -0.2) is 4.99 Å². The van der Waals surface area contributed by atoms with E-state index in [1.165, 1.54) is 31.4 Å². The minimum atomic E-state index is -4.60. The summed E-state index contributed by atoms with van der Waals surface area (Å²) in [7, 11) is 1.46. The number of hydrogen-bond acceptors (Lipinski definition) is 2. The van der Waals surface area contributed by atoms with Gasteiger partial charge < -0.3 is 10.5 Å². The molecule has 1 aromatic carbocycles. The molecule has 0 unspecified atom stereocenters. The molecule has 0 fully saturated rings. The second kappa shape index (κ2) is 4.20. The molecule has 0 saturated carbocycles. The fourth-order valence-corrected chi connectivity index (χ4v) is 0.859. The van der Waals surface area contributed by atoms with Crippen molar-refractivity contribution in [1.82, 2.24) is 0 Å². The van der Waals surface area contributed by atoms with Gasteiger partial charge >= 0.3 is 6.18 Å². The average Bonchev–Trinajstić information content (AvgIpc) is 2.17. The Morgan fingerprint density at radius 3 is 2.20 bits per heavy atom. The molecule has 15 heavy (non-hydrogen) atoms. The van der Waals surface area contributed by atoms with E-state index in [9.17, 15) is 13.2 Å². The van der Waals surface area contributed by atoms with Crippen LogP contribution in [0.15, 0.2) is 29.3 Å². The van der Waals surface area contributed by atoms with Gasteiger partial charge in [0.1, 0.15) is 5.75 Å². The number of rotatable bonds is 2. The van der Waals surface area contributed by atoms with Crippen molar-refractivity contribution in [2.45, 2.75) is 6.18 Å². The molecule has 0 amide bonds. The number of alkyl halides is 3. The lowest BCUT2D eigenvalue weighted by Crippen LogP contribution is -2.30. The Morgan fingerprint density at radius 2 is 1.80 bits per heavy atom. The predicted molar refractivity (Wildman–Crippen MR) is 50.3 cm³/mol. The Balaban J connectivity index is 2.89. The summed E-state index contributed by atoms with van der Waals surface area (Å²) in [4.78, 5) is 3.22. The van der Waals surface area contributed by atoms with Gasteiger partial charge in [0.25, 0.3) is 0 Å². The highest BCUT2D eigenvalue weighted by Gasteiger charge is 2.33. The lowest BCUT2D eigenvalue weighted by molar-refractivity contribution is -0.0597. The minimum Gasteiger partial charge on any atom is -0.497 e. The molecular formula is C9H9F3N2O. The van der Waals surface area contributed by atoms with E-state index < -0.39 is 12.0 Å². The lowest BCUT2D eigenvalue weighted by Gasteiger charge is -2.05. The summed E-state index contributed by atoms with van der Waals surface area (Å²) < 4.78 is 40.8. The third-order valence-corrected chi connectivity index (χ3v) is 1.61. The van der Waals surface area contributed by atoms with Gasteiger partial charge in [0, 0.05) is 0 Å². The monoisotopic (exact) mass is 218 g/mol. The summed E-state index contributed by atoms with van der Waals surface area (Å²) in [5.74, 6) is -0.827. The molecule has 6 heteroatoms. The zero-order chi connectivity index (χ0) is 11.5. The third-order valence-electron chi connectivity index (χ3n) is 1.61. The van der Waals surface area contributed by atoms with E-state index in [4.69, 9.17) is 10.5 Å². The third kappa shape index (κ3) is 3.16. The van der Waals surface area contributed by atoms with Gasteiger partial charge in [0.2, 0.25) is 5.84 Å². The van der Waals surface area contributed by atoms with Gasteiger partial charge in [0.05, 0.1) is 12.8 Å². The van der Waals surface area contributed by atoms with Crippen LogP contribution in [-0.2, 0) is 0 Å². The van der Waals surface area contributed by atoms with Crippen LogP contribution in [-0.4, -0.2) is 19.1 Å². The summed E-state index contributed by atoms with van der Waals surface area (Å²) in [5, 5.41) is 0. The molecular weight excluding hydrogens is 209 g/mol. The summed E-state index contributed by atoms with van der Waals surface area (Å²) in [6.45, 7) is 0. The second-order valence-electron chi connectivity index (χ2n) is 2.69. The Morgan fingerprint density at radius 1 is 1.27 bits per heavy atom. The van der Waals surface area contributed by atoms with E-state index in [1.54, 1.807) is 0 Å². The van der Waals surface area contributed by atoms with E-state index in [-0.39, 0.29) is 5.69 Å². The number of methoxy groups -OCH3 is 1. The molecule has 0 atom stereocenters. The number of benzene rings is 1. The van der Waals surface area contributed by atoms with Crippen molar-refractivity contribution in [1.29, 1.82) is 0 Å². The predicted octanol–water partition coefficient (Wildman–Crippen LogP) is 2.25. The molecule has 3 nitrogen and oxygen atoms in total. The Labute approximate surface area is 84.4 Å². The SMILES string of the molecule is COc1ccc(N=C(N)C(F)(F)F)cc1. The van der Waals surface area contributed by atoms with Crippen molar-refractivity contribution in [3.63, 3.8) is 0 Å². The molecule has 0 saturated heterocycles. The van der Waals surface area contributed by atoms with Crippen LogP contribution in [0.25, 0.3) is 0 Å². The van der Waals surface area contributed by atoms with E-state index in [0.29, 0.717) is 5.75 Å². The van der Waals surface area contributed by atoms with Gasteiger partial charge in [-0.3, -0.25) is 0 Å². The first kappa shape index (κ1) is 11.4. The van der Waals surface area contributed by atoms with Gasteiger partial charge in [-0.2, -0.15) is 13.2 Å². The second-order valence-corrected chi connectivity index (χ2v) is 2.69. The fraction of sp³-hybridized carbons (Fsp3) is 0.222. The van der Waals surface area contributed by atoms with Crippen LogP contribution >= 0.6 is 0 Å². The summed E-state index contributed by atoms with van der Waals surface area (Å²) >= 11 is 0. The minimum absolute atomic E-state index is 0.130. The number of aliphatic imine (C=N–C) groups is 1. The quantitative estimate of drug-likeness (QED) is 0.611. The number of amidine groups is 1. The highest BCUT2D eigenvalue weighted by molar-refractivity contribution is 5.88. The first-order chi connectivity index (χ1) is 6.93. The molecule has 0 aliphatic heterocycles. The number of halogens is 3. The number of hydrogen-bond donors (Lipinski definition) is 1. The van der Waals surface area contributed by atoms with Crippen LogP contribution < -0.4 is 10.5 Å². The van der Waals surface area contributed by atoms with E-state index in [1.807, 2.05) is 0 Å². The molecule has 0 aliphatic rings. The summed E-state index contributed by atoms with van der Waals surface area (Å²) in [5.41, 5.74) is 4.88. The van der Waals surface area contributed by atoms with Gasteiger partial charge in [0.15, 0.2) is 0 Å². The molecule has 0 aromatic heterocycles. The summed E-state index contributed by atoms with van der Waals surface area (Å²) in [6.07, 6.45) is -4.60. The van der Waals surface area contributed by atoms with E-state index in [0.717, 1.165) is 0 Å². The molecule has 0 radical (unpaired) electrons. The Hall–Kier alpha value is -1.72. The number of ether oxygens (including phenoxy) is 1. The maximum absolute atomic E-state index is 12.0. The van der Waals surface area contributed by atoms with Crippen molar-refractivity contribution < 1.29 is 17.9 Å². The van der Waals surface area contributed by atoms with Crippen LogP contribution in [0.5, 0.6) is 5.75 Å². The number of nitrogens with zero attached hydrogens (tertiary/aromatic N) is 1. The molecule has 2 N–H and O–H groups in total. The average molecular weight is 218 g/mol. The molecule has 0 bridgehead atoms. The molecule has 82 valence electrons. The topological polar surface area (TPSA) is 47.6 Å². The van der Waals surface area contributed by atoms with Crippen LogP contribution in [0.3, 0.4) is 0 Å². The normalized spacial score (nSPS) is 12.7. The van der Waals surface area contributed by atoms with Crippen LogP contribution in [0, 0.1) is 0 Å². The summed E-state index contributed by atoms with van der Waals surface area (Å²) in [6, 6.07) is 5.78. The molecule has 0 heterocycles. The lowest BCUT2D eigenvalue weighted by atomic mass is 10.3. The highest BCUT2D eigenvalue weighted by Crippen LogP contribution is 2.21. The van der Waals surface area contributed by atoms with Crippen molar-refractivity contribution in [2.24, 2.45) is 10.7 Å². The smallest absolute Gasteiger partial charge is 0.448 e. The van der Waals surface area contributed by atoms with Crippen molar-refractivity contribution in [3.8, 4) is 5.75 Å². The molecule has 1 rings (SSSR count). The van der Waals surface area contributed by atoms with Gasteiger partial charge in [-0.15, -0.1) is 0 Å². The van der Waals surface area contributed by atoms with E-state index in [2.05, 4.69) is 4.99 Å².